The highest BCUT2D eigenvalue weighted by Crippen LogP contribution is 2.52. The highest BCUT2D eigenvalue weighted by Gasteiger charge is 2.59. The summed E-state index contributed by atoms with van der Waals surface area (Å²) < 4.78 is 5.91. The molecule has 2 aliphatic heterocycles. The van der Waals surface area contributed by atoms with Crippen molar-refractivity contribution >= 4 is 11.9 Å². The SMILES string of the molecule is CCN=C(NC1C2CCOC2C1(C)C)N1CCC(CC(=O)NC)CC1. The van der Waals surface area contributed by atoms with E-state index in [1.165, 1.54) is 0 Å². The number of hydrogen-bond donors (Lipinski definition) is 2. The molecule has 0 spiro atoms. The summed E-state index contributed by atoms with van der Waals surface area (Å²) >= 11 is 0. The van der Waals surface area contributed by atoms with E-state index in [1.807, 2.05) is 0 Å². The summed E-state index contributed by atoms with van der Waals surface area (Å²) in [6.45, 7) is 10.3. The molecule has 0 aromatic heterocycles. The molecule has 0 aromatic carbocycles. The van der Waals surface area contributed by atoms with Crippen LogP contribution in [0.4, 0.5) is 0 Å². The van der Waals surface area contributed by atoms with Gasteiger partial charge in [-0.1, -0.05) is 13.8 Å². The van der Waals surface area contributed by atoms with Crippen LogP contribution in [0.25, 0.3) is 0 Å². The Labute approximate surface area is 151 Å². The minimum atomic E-state index is 0.155. The van der Waals surface area contributed by atoms with Crippen molar-refractivity contribution in [3.63, 3.8) is 0 Å². The first-order valence-electron chi connectivity index (χ1n) is 9.85. The Morgan fingerprint density at radius 2 is 2.00 bits per heavy atom. The predicted octanol–water partition coefficient (Wildman–Crippen LogP) is 1.61. The van der Waals surface area contributed by atoms with Crippen LogP contribution in [0.3, 0.4) is 0 Å². The van der Waals surface area contributed by atoms with E-state index >= 15 is 0 Å². The largest absolute Gasteiger partial charge is 0.377 e. The van der Waals surface area contributed by atoms with Gasteiger partial charge in [0.1, 0.15) is 0 Å². The molecule has 6 nitrogen and oxygen atoms in total. The zero-order chi connectivity index (χ0) is 18.0. The number of likely N-dealkylation sites (tertiary alicyclic amines) is 1. The van der Waals surface area contributed by atoms with Crippen LogP contribution >= 0.6 is 0 Å². The maximum atomic E-state index is 11.6. The molecular weight excluding hydrogens is 316 g/mol. The second-order valence-corrected chi connectivity index (χ2v) is 8.29. The van der Waals surface area contributed by atoms with E-state index in [4.69, 9.17) is 9.73 Å². The molecule has 2 N–H and O–H groups in total. The molecule has 3 aliphatic rings. The smallest absolute Gasteiger partial charge is 0.220 e. The highest BCUT2D eigenvalue weighted by molar-refractivity contribution is 5.81. The maximum absolute atomic E-state index is 11.6. The maximum Gasteiger partial charge on any atom is 0.220 e. The van der Waals surface area contributed by atoms with Crippen molar-refractivity contribution in [1.29, 1.82) is 0 Å². The molecule has 6 heteroatoms. The molecule has 3 fully saturated rings. The highest BCUT2D eigenvalue weighted by atomic mass is 16.5. The number of nitrogens with one attached hydrogen (secondary N) is 2. The summed E-state index contributed by atoms with van der Waals surface area (Å²) in [6, 6.07) is 0.439. The van der Waals surface area contributed by atoms with Gasteiger partial charge in [-0.15, -0.1) is 0 Å². The Morgan fingerprint density at radius 1 is 1.28 bits per heavy atom. The van der Waals surface area contributed by atoms with Gasteiger partial charge in [-0.3, -0.25) is 9.79 Å². The van der Waals surface area contributed by atoms with Gasteiger partial charge in [-0.05, 0) is 32.1 Å². The lowest BCUT2D eigenvalue weighted by Crippen LogP contribution is -2.68. The summed E-state index contributed by atoms with van der Waals surface area (Å²) in [6.07, 6.45) is 4.31. The van der Waals surface area contributed by atoms with Crippen LogP contribution in [-0.2, 0) is 9.53 Å². The van der Waals surface area contributed by atoms with Gasteiger partial charge in [0, 0.05) is 57.1 Å². The minimum absolute atomic E-state index is 0.155. The number of carbonyl (C=O) groups is 1. The third-order valence-electron chi connectivity index (χ3n) is 6.36. The third kappa shape index (κ3) is 3.64. The molecule has 1 amide bonds. The number of aliphatic imine (C=N–C) groups is 1. The van der Waals surface area contributed by atoms with Gasteiger partial charge in [0.05, 0.1) is 6.10 Å². The molecule has 0 aromatic rings. The Morgan fingerprint density at radius 3 is 2.64 bits per heavy atom. The van der Waals surface area contributed by atoms with E-state index in [2.05, 4.69) is 36.3 Å². The van der Waals surface area contributed by atoms with Crippen LogP contribution < -0.4 is 10.6 Å². The van der Waals surface area contributed by atoms with Gasteiger partial charge >= 0.3 is 0 Å². The van der Waals surface area contributed by atoms with Crippen molar-refractivity contribution < 1.29 is 9.53 Å². The molecule has 3 atom stereocenters. The van der Waals surface area contributed by atoms with Crippen molar-refractivity contribution in [2.45, 2.75) is 58.6 Å². The van der Waals surface area contributed by atoms with Crippen molar-refractivity contribution in [2.24, 2.45) is 22.2 Å². The van der Waals surface area contributed by atoms with Gasteiger partial charge in [0.25, 0.3) is 0 Å². The standard InChI is InChI=1S/C19H34N4O2/c1-5-21-18(22-16-14-8-11-25-17(14)19(16,2)3)23-9-6-13(7-10-23)12-15(24)20-4/h13-14,16-17H,5-12H2,1-4H3,(H,20,24)(H,21,22). The second kappa shape index (κ2) is 7.52. The molecule has 2 heterocycles. The van der Waals surface area contributed by atoms with Gasteiger partial charge in [0.2, 0.25) is 5.91 Å². The van der Waals surface area contributed by atoms with Crippen LogP contribution in [0.15, 0.2) is 4.99 Å². The first kappa shape index (κ1) is 18.5. The molecule has 2 saturated heterocycles. The molecule has 3 unspecified atom stereocenters. The summed E-state index contributed by atoms with van der Waals surface area (Å²) in [7, 11) is 1.72. The third-order valence-corrected chi connectivity index (χ3v) is 6.36. The van der Waals surface area contributed by atoms with Gasteiger partial charge < -0.3 is 20.3 Å². The molecule has 142 valence electrons. The monoisotopic (exact) mass is 350 g/mol. The van der Waals surface area contributed by atoms with Crippen LogP contribution in [0.5, 0.6) is 0 Å². The molecule has 3 rings (SSSR count). The molecular formula is C19H34N4O2. The number of guanidine groups is 1. The fraction of sp³-hybridized carbons (Fsp3) is 0.895. The number of hydrogen-bond acceptors (Lipinski definition) is 3. The molecule has 25 heavy (non-hydrogen) atoms. The first-order valence-corrected chi connectivity index (χ1v) is 9.85. The second-order valence-electron chi connectivity index (χ2n) is 8.29. The molecule has 0 bridgehead atoms. The van der Waals surface area contributed by atoms with Gasteiger partial charge in [-0.25, -0.2) is 0 Å². The minimum Gasteiger partial charge on any atom is -0.377 e. The lowest BCUT2D eigenvalue weighted by atomic mass is 9.57. The van der Waals surface area contributed by atoms with E-state index in [0.717, 1.165) is 51.5 Å². The molecule has 1 aliphatic carbocycles. The van der Waals surface area contributed by atoms with Crippen LogP contribution in [0.1, 0.15) is 46.5 Å². The molecule has 0 radical (unpaired) electrons. The Bertz CT molecular complexity index is 512. The summed E-state index contributed by atoms with van der Waals surface area (Å²) in [5, 5.41) is 6.51. The topological polar surface area (TPSA) is 66.0 Å². The number of amides is 1. The summed E-state index contributed by atoms with van der Waals surface area (Å²) in [4.78, 5) is 18.7. The number of fused-ring (bicyclic) bond motifs is 1. The number of rotatable bonds is 4. The molecule has 1 saturated carbocycles. The van der Waals surface area contributed by atoms with E-state index in [1.54, 1.807) is 7.05 Å². The Balaban J connectivity index is 1.58. The van der Waals surface area contributed by atoms with E-state index in [9.17, 15) is 4.79 Å². The number of ether oxygens (including phenoxy) is 1. The lowest BCUT2D eigenvalue weighted by Gasteiger charge is -2.55. The summed E-state index contributed by atoms with van der Waals surface area (Å²) in [5.41, 5.74) is 0.160. The lowest BCUT2D eigenvalue weighted by molar-refractivity contribution is -0.121. The average Bonchev–Trinajstić information content (AvgIpc) is 3.06. The Hall–Kier alpha value is -1.30. The van der Waals surface area contributed by atoms with Crippen LogP contribution in [-0.4, -0.2) is 62.2 Å². The van der Waals surface area contributed by atoms with Crippen molar-refractivity contribution in [1.82, 2.24) is 15.5 Å². The average molecular weight is 351 g/mol. The summed E-state index contributed by atoms with van der Waals surface area (Å²) in [5.74, 6) is 2.31. The zero-order valence-electron chi connectivity index (χ0n) is 16.2. The number of carbonyl (C=O) groups excluding carboxylic acids is 1. The first-order chi connectivity index (χ1) is 12.0. The van der Waals surface area contributed by atoms with E-state index < -0.39 is 0 Å². The van der Waals surface area contributed by atoms with Crippen LogP contribution in [0.2, 0.25) is 0 Å². The van der Waals surface area contributed by atoms with Crippen molar-refractivity contribution in [3.8, 4) is 0 Å². The van der Waals surface area contributed by atoms with Crippen LogP contribution in [0, 0.1) is 17.3 Å². The van der Waals surface area contributed by atoms with Crippen molar-refractivity contribution in [2.75, 3.05) is 33.3 Å². The normalized spacial score (nSPS) is 32.1. The van der Waals surface area contributed by atoms with Gasteiger partial charge in [-0.2, -0.15) is 0 Å². The fourth-order valence-corrected chi connectivity index (χ4v) is 4.86. The van der Waals surface area contributed by atoms with Crippen molar-refractivity contribution in [3.05, 3.63) is 0 Å². The van der Waals surface area contributed by atoms with E-state index in [-0.39, 0.29) is 11.3 Å². The predicted molar refractivity (Wildman–Crippen MR) is 99.5 cm³/mol. The van der Waals surface area contributed by atoms with E-state index in [0.29, 0.717) is 30.4 Å². The Kier molecular flexibility index (Phi) is 5.56. The number of nitrogens with zero attached hydrogens (tertiary/aromatic N) is 2. The van der Waals surface area contributed by atoms with Gasteiger partial charge in [0.15, 0.2) is 5.96 Å². The number of piperidine rings is 1. The quantitative estimate of drug-likeness (QED) is 0.597. The zero-order valence-corrected chi connectivity index (χ0v) is 16.2. The fourth-order valence-electron chi connectivity index (χ4n) is 4.86.